The molecule has 1 unspecified atom stereocenters. The van der Waals surface area contributed by atoms with Crippen molar-refractivity contribution in [2.75, 3.05) is 13.1 Å². The van der Waals surface area contributed by atoms with Gasteiger partial charge in [-0.05, 0) is 73.5 Å². The van der Waals surface area contributed by atoms with E-state index < -0.39 is 0 Å². The Morgan fingerprint density at radius 3 is 3.21 bits per heavy atom. The summed E-state index contributed by atoms with van der Waals surface area (Å²) in [6.07, 6.45) is 6.85. The van der Waals surface area contributed by atoms with Crippen LogP contribution in [0.2, 0.25) is 0 Å². The van der Waals surface area contributed by atoms with Crippen molar-refractivity contribution in [1.29, 1.82) is 0 Å². The minimum absolute atomic E-state index is 0.963. The van der Waals surface area contributed by atoms with E-state index in [4.69, 9.17) is 0 Å². The van der Waals surface area contributed by atoms with E-state index in [1.165, 1.54) is 50.8 Å². The Kier molecular flexibility index (Phi) is 4.02. The van der Waals surface area contributed by atoms with Crippen molar-refractivity contribution in [3.63, 3.8) is 0 Å². The Morgan fingerprint density at radius 2 is 2.36 bits per heavy atom. The second-order valence-electron chi connectivity index (χ2n) is 4.22. The molecule has 2 heteroatoms. The van der Waals surface area contributed by atoms with E-state index in [0.29, 0.717) is 0 Å². The Balaban J connectivity index is 1.73. The van der Waals surface area contributed by atoms with Crippen LogP contribution < -0.4 is 5.32 Å². The molecule has 1 fully saturated rings. The highest BCUT2D eigenvalue weighted by Crippen LogP contribution is 2.20. The van der Waals surface area contributed by atoms with Crippen LogP contribution in [0.25, 0.3) is 0 Å². The van der Waals surface area contributed by atoms with E-state index in [9.17, 15) is 0 Å². The third-order valence-electron chi connectivity index (χ3n) is 3.12. The molecule has 0 amide bonds. The highest BCUT2D eigenvalue weighted by atomic mass is 32.1. The Morgan fingerprint density at radius 1 is 1.36 bits per heavy atom. The molecule has 1 atom stereocenters. The van der Waals surface area contributed by atoms with Crippen molar-refractivity contribution in [1.82, 2.24) is 5.32 Å². The maximum atomic E-state index is 3.47. The normalized spacial score (nSPS) is 23.3. The first kappa shape index (κ1) is 10.2. The van der Waals surface area contributed by atoms with Crippen molar-refractivity contribution < 1.29 is 0 Å². The monoisotopic (exact) mass is 209 g/mol. The van der Waals surface area contributed by atoms with Crippen LogP contribution in [0.1, 0.15) is 31.2 Å². The van der Waals surface area contributed by atoms with Crippen molar-refractivity contribution >= 4 is 11.3 Å². The van der Waals surface area contributed by atoms with Gasteiger partial charge in [-0.1, -0.05) is 0 Å². The lowest BCUT2D eigenvalue weighted by atomic mass is 9.94. The van der Waals surface area contributed by atoms with Crippen LogP contribution in [0.5, 0.6) is 0 Å². The van der Waals surface area contributed by atoms with Gasteiger partial charge in [-0.15, -0.1) is 0 Å². The number of rotatable bonds is 3. The molecule has 1 aliphatic heterocycles. The molecular formula is C12H19NS. The lowest BCUT2D eigenvalue weighted by molar-refractivity contribution is 0.439. The molecule has 0 aliphatic carbocycles. The molecule has 0 radical (unpaired) electrons. The zero-order valence-corrected chi connectivity index (χ0v) is 9.48. The van der Waals surface area contributed by atoms with Gasteiger partial charge in [0, 0.05) is 0 Å². The molecule has 0 spiro atoms. The average molecular weight is 209 g/mol. The summed E-state index contributed by atoms with van der Waals surface area (Å²) in [7, 11) is 0. The molecule has 1 N–H and O–H groups in total. The van der Waals surface area contributed by atoms with Gasteiger partial charge in [-0.2, -0.15) is 11.3 Å². The van der Waals surface area contributed by atoms with Crippen LogP contribution in [0.3, 0.4) is 0 Å². The number of thiophene rings is 1. The van der Waals surface area contributed by atoms with Crippen LogP contribution in [0.4, 0.5) is 0 Å². The van der Waals surface area contributed by atoms with E-state index in [2.05, 4.69) is 22.1 Å². The smallest absolute Gasteiger partial charge is 0.00463 e. The molecule has 1 nitrogen and oxygen atoms in total. The highest BCUT2D eigenvalue weighted by Gasteiger charge is 2.11. The molecule has 0 aromatic carbocycles. The van der Waals surface area contributed by atoms with Gasteiger partial charge < -0.3 is 5.32 Å². The first-order valence-corrected chi connectivity index (χ1v) is 6.61. The Bertz CT molecular complexity index is 235. The standard InChI is InChI=1S/C12H19NS/c1-2-11(5-8-13-7-1)3-4-12-6-9-14-10-12/h6,9-11,13H,1-5,7-8H2. The maximum Gasteiger partial charge on any atom is -0.00463 e. The van der Waals surface area contributed by atoms with Gasteiger partial charge in [0.15, 0.2) is 0 Å². The summed E-state index contributed by atoms with van der Waals surface area (Å²) in [5, 5.41) is 7.94. The van der Waals surface area contributed by atoms with Crippen molar-refractivity contribution in [2.24, 2.45) is 5.92 Å². The summed E-state index contributed by atoms with van der Waals surface area (Å²) >= 11 is 1.82. The van der Waals surface area contributed by atoms with Gasteiger partial charge in [0.25, 0.3) is 0 Å². The second-order valence-corrected chi connectivity index (χ2v) is 5.00. The fraction of sp³-hybridized carbons (Fsp3) is 0.667. The minimum atomic E-state index is 0.963. The predicted molar refractivity (Wildman–Crippen MR) is 62.9 cm³/mol. The van der Waals surface area contributed by atoms with Crippen molar-refractivity contribution in [2.45, 2.75) is 32.1 Å². The fourth-order valence-corrected chi connectivity index (χ4v) is 2.89. The van der Waals surface area contributed by atoms with E-state index in [1.54, 1.807) is 0 Å². The molecule has 2 rings (SSSR count). The fourth-order valence-electron chi connectivity index (χ4n) is 2.19. The van der Waals surface area contributed by atoms with Crippen LogP contribution in [0.15, 0.2) is 16.8 Å². The number of hydrogen-bond acceptors (Lipinski definition) is 2. The molecule has 0 saturated carbocycles. The molecule has 1 aliphatic rings. The third kappa shape index (κ3) is 3.10. The molecule has 0 bridgehead atoms. The summed E-state index contributed by atoms with van der Waals surface area (Å²) in [5.41, 5.74) is 1.53. The summed E-state index contributed by atoms with van der Waals surface area (Å²) in [6.45, 7) is 2.46. The van der Waals surface area contributed by atoms with Crippen molar-refractivity contribution in [3.05, 3.63) is 22.4 Å². The molecule has 2 heterocycles. The van der Waals surface area contributed by atoms with Gasteiger partial charge in [0.05, 0.1) is 0 Å². The van der Waals surface area contributed by atoms with Gasteiger partial charge in [0.2, 0.25) is 0 Å². The van der Waals surface area contributed by atoms with Gasteiger partial charge in [-0.3, -0.25) is 0 Å². The molecule has 14 heavy (non-hydrogen) atoms. The summed E-state index contributed by atoms with van der Waals surface area (Å²) in [5.74, 6) is 0.963. The SMILES string of the molecule is c1cc(CCC2CCCNCC2)cs1. The van der Waals surface area contributed by atoms with E-state index in [0.717, 1.165) is 5.92 Å². The lowest BCUT2D eigenvalue weighted by Crippen LogP contribution is -2.14. The van der Waals surface area contributed by atoms with Gasteiger partial charge in [0.1, 0.15) is 0 Å². The van der Waals surface area contributed by atoms with E-state index in [-0.39, 0.29) is 0 Å². The molecule has 1 aromatic heterocycles. The molecule has 78 valence electrons. The van der Waals surface area contributed by atoms with Crippen molar-refractivity contribution in [3.8, 4) is 0 Å². The first-order chi connectivity index (χ1) is 6.95. The third-order valence-corrected chi connectivity index (χ3v) is 3.85. The van der Waals surface area contributed by atoms with Gasteiger partial charge >= 0.3 is 0 Å². The van der Waals surface area contributed by atoms with Gasteiger partial charge in [-0.25, -0.2) is 0 Å². The minimum Gasteiger partial charge on any atom is -0.317 e. The number of aryl methyl sites for hydroxylation is 1. The van der Waals surface area contributed by atoms with Crippen LogP contribution >= 0.6 is 11.3 Å². The quantitative estimate of drug-likeness (QED) is 0.806. The van der Waals surface area contributed by atoms with E-state index in [1.807, 2.05) is 11.3 Å². The molecule has 1 saturated heterocycles. The van der Waals surface area contributed by atoms with Crippen LogP contribution in [-0.4, -0.2) is 13.1 Å². The topological polar surface area (TPSA) is 12.0 Å². The van der Waals surface area contributed by atoms with E-state index >= 15 is 0 Å². The van der Waals surface area contributed by atoms with Crippen LogP contribution in [-0.2, 0) is 6.42 Å². The van der Waals surface area contributed by atoms with Crippen LogP contribution in [0, 0.1) is 5.92 Å². The summed E-state index contributed by atoms with van der Waals surface area (Å²) in [4.78, 5) is 0. The Hall–Kier alpha value is -0.340. The Labute approximate surface area is 90.5 Å². The highest BCUT2D eigenvalue weighted by molar-refractivity contribution is 7.07. The lowest BCUT2D eigenvalue weighted by Gasteiger charge is -2.12. The maximum absolute atomic E-state index is 3.47. The number of hydrogen-bond donors (Lipinski definition) is 1. The number of nitrogens with one attached hydrogen (secondary N) is 1. The molecular weight excluding hydrogens is 190 g/mol. The molecule has 1 aromatic rings. The average Bonchev–Trinajstić information content (AvgIpc) is 2.58. The second kappa shape index (κ2) is 5.52. The summed E-state index contributed by atoms with van der Waals surface area (Å²) in [6, 6.07) is 2.26. The zero-order valence-electron chi connectivity index (χ0n) is 8.67. The zero-order chi connectivity index (χ0) is 9.64. The first-order valence-electron chi connectivity index (χ1n) is 5.67. The summed E-state index contributed by atoms with van der Waals surface area (Å²) < 4.78 is 0. The predicted octanol–water partition coefficient (Wildman–Crippen LogP) is 3.07. The largest absolute Gasteiger partial charge is 0.317 e.